The van der Waals surface area contributed by atoms with Crippen molar-refractivity contribution in [3.05, 3.63) is 35.9 Å². The zero-order chi connectivity index (χ0) is 17.4. The van der Waals surface area contributed by atoms with Crippen LogP contribution in [-0.2, 0) is 5.41 Å². The van der Waals surface area contributed by atoms with E-state index >= 15 is 0 Å². The van der Waals surface area contributed by atoms with Gasteiger partial charge in [0.05, 0.1) is 6.54 Å². The van der Waals surface area contributed by atoms with Crippen molar-refractivity contribution in [2.75, 3.05) is 39.8 Å². The normalized spacial score (nSPS) is 17.8. The lowest BCUT2D eigenvalue weighted by Gasteiger charge is -2.29. The van der Waals surface area contributed by atoms with Gasteiger partial charge in [0, 0.05) is 18.5 Å². The topological polar surface area (TPSA) is 39.7 Å². The van der Waals surface area contributed by atoms with E-state index in [1.165, 1.54) is 31.5 Å². The minimum atomic E-state index is 0.0389. The van der Waals surface area contributed by atoms with Gasteiger partial charge in [0.25, 0.3) is 0 Å². The molecule has 134 valence electrons. The number of hydrogen-bond donors (Lipinski definition) is 2. The second kappa shape index (κ2) is 9.07. The summed E-state index contributed by atoms with van der Waals surface area (Å²) in [6.07, 6.45) is 2.55. The highest BCUT2D eigenvalue weighted by atomic mass is 15.2. The maximum Gasteiger partial charge on any atom is 0.191 e. The van der Waals surface area contributed by atoms with Crippen LogP contribution >= 0.6 is 0 Å². The van der Waals surface area contributed by atoms with Crippen molar-refractivity contribution >= 4 is 5.96 Å². The highest BCUT2D eigenvalue weighted by molar-refractivity contribution is 5.79. The zero-order valence-electron chi connectivity index (χ0n) is 15.8. The second-order valence-corrected chi connectivity index (χ2v) is 7.57. The molecule has 1 aromatic rings. The SMILES string of the molecule is CCNC(=NCC(C)(C)c1ccccc1)NCC1CCN(C)CC1. The predicted molar refractivity (Wildman–Crippen MR) is 104 cm³/mol. The number of rotatable bonds is 6. The molecule has 0 radical (unpaired) electrons. The number of likely N-dealkylation sites (tertiary alicyclic amines) is 1. The highest BCUT2D eigenvalue weighted by Gasteiger charge is 2.20. The minimum Gasteiger partial charge on any atom is -0.357 e. The van der Waals surface area contributed by atoms with E-state index in [1.54, 1.807) is 0 Å². The Labute approximate surface area is 147 Å². The number of hydrogen-bond acceptors (Lipinski definition) is 2. The van der Waals surface area contributed by atoms with Gasteiger partial charge in [-0.1, -0.05) is 44.2 Å². The number of guanidine groups is 1. The summed E-state index contributed by atoms with van der Waals surface area (Å²) in [4.78, 5) is 7.26. The van der Waals surface area contributed by atoms with Crippen molar-refractivity contribution in [3.63, 3.8) is 0 Å². The Morgan fingerprint density at radius 2 is 1.83 bits per heavy atom. The Bertz CT molecular complexity index is 502. The maximum atomic E-state index is 4.84. The summed E-state index contributed by atoms with van der Waals surface area (Å²) in [5.41, 5.74) is 1.37. The molecule has 0 spiro atoms. The Balaban J connectivity index is 1.90. The third kappa shape index (κ3) is 5.82. The summed E-state index contributed by atoms with van der Waals surface area (Å²) in [5.74, 6) is 1.70. The molecule has 24 heavy (non-hydrogen) atoms. The molecular weight excluding hydrogens is 296 g/mol. The predicted octanol–water partition coefficient (Wildman–Crippen LogP) is 2.86. The number of aliphatic imine (C=N–C) groups is 1. The van der Waals surface area contributed by atoms with Gasteiger partial charge < -0.3 is 15.5 Å². The van der Waals surface area contributed by atoms with Crippen LogP contribution in [0.15, 0.2) is 35.3 Å². The Morgan fingerprint density at radius 1 is 1.17 bits per heavy atom. The summed E-state index contributed by atoms with van der Waals surface area (Å²) in [5, 5.41) is 6.93. The largest absolute Gasteiger partial charge is 0.357 e. The smallest absolute Gasteiger partial charge is 0.191 e. The fourth-order valence-corrected chi connectivity index (χ4v) is 3.11. The van der Waals surface area contributed by atoms with Crippen molar-refractivity contribution in [2.24, 2.45) is 10.9 Å². The molecule has 0 aromatic heterocycles. The molecule has 0 aliphatic carbocycles. The van der Waals surface area contributed by atoms with Gasteiger partial charge in [0.15, 0.2) is 5.96 Å². The van der Waals surface area contributed by atoms with Crippen LogP contribution in [0.4, 0.5) is 0 Å². The molecule has 0 saturated carbocycles. The van der Waals surface area contributed by atoms with E-state index in [-0.39, 0.29) is 5.41 Å². The maximum absolute atomic E-state index is 4.84. The first-order chi connectivity index (χ1) is 11.5. The first-order valence-corrected chi connectivity index (χ1v) is 9.27. The van der Waals surface area contributed by atoms with Gasteiger partial charge in [-0.15, -0.1) is 0 Å². The van der Waals surface area contributed by atoms with Crippen molar-refractivity contribution in [3.8, 4) is 0 Å². The molecule has 0 bridgehead atoms. The van der Waals surface area contributed by atoms with Crippen LogP contribution < -0.4 is 10.6 Å². The van der Waals surface area contributed by atoms with Gasteiger partial charge in [0.1, 0.15) is 0 Å². The molecule has 1 aromatic carbocycles. The van der Waals surface area contributed by atoms with Gasteiger partial charge in [0.2, 0.25) is 0 Å². The molecule has 1 aliphatic heterocycles. The summed E-state index contributed by atoms with van der Waals surface area (Å²) in [6.45, 7) is 11.7. The molecule has 4 heteroatoms. The summed E-state index contributed by atoms with van der Waals surface area (Å²) in [6, 6.07) is 10.6. The first kappa shape index (κ1) is 18.8. The Hall–Kier alpha value is -1.55. The molecule has 4 nitrogen and oxygen atoms in total. The summed E-state index contributed by atoms with van der Waals surface area (Å²) in [7, 11) is 2.21. The van der Waals surface area contributed by atoms with Crippen LogP contribution in [0.25, 0.3) is 0 Å². The van der Waals surface area contributed by atoms with Gasteiger partial charge in [-0.3, -0.25) is 4.99 Å². The van der Waals surface area contributed by atoms with Crippen molar-refractivity contribution in [1.29, 1.82) is 0 Å². The molecule has 1 fully saturated rings. The molecule has 1 aliphatic rings. The molecule has 0 amide bonds. The van der Waals surface area contributed by atoms with E-state index in [9.17, 15) is 0 Å². The third-order valence-electron chi connectivity index (χ3n) is 4.93. The second-order valence-electron chi connectivity index (χ2n) is 7.57. The molecule has 0 unspecified atom stereocenters. The lowest BCUT2D eigenvalue weighted by Crippen LogP contribution is -2.42. The summed E-state index contributed by atoms with van der Waals surface area (Å²) >= 11 is 0. The van der Waals surface area contributed by atoms with Crippen LogP contribution in [-0.4, -0.2) is 50.6 Å². The lowest BCUT2D eigenvalue weighted by molar-refractivity contribution is 0.220. The van der Waals surface area contributed by atoms with E-state index in [2.05, 4.69) is 73.7 Å². The van der Waals surface area contributed by atoms with E-state index < -0.39 is 0 Å². The van der Waals surface area contributed by atoms with Gasteiger partial charge in [-0.25, -0.2) is 0 Å². The van der Waals surface area contributed by atoms with E-state index in [0.29, 0.717) is 0 Å². The monoisotopic (exact) mass is 330 g/mol. The van der Waals surface area contributed by atoms with Crippen LogP contribution in [0.3, 0.4) is 0 Å². The van der Waals surface area contributed by atoms with Crippen molar-refractivity contribution < 1.29 is 0 Å². The number of nitrogens with one attached hydrogen (secondary N) is 2. The van der Waals surface area contributed by atoms with Crippen LogP contribution in [0.5, 0.6) is 0 Å². The molecular formula is C20H34N4. The van der Waals surface area contributed by atoms with E-state index in [1.807, 2.05) is 0 Å². The fourth-order valence-electron chi connectivity index (χ4n) is 3.11. The fraction of sp³-hybridized carbons (Fsp3) is 0.650. The standard InChI is InChI=1S/C20H34N4/c1-5-21-19(22-15-17-11-13-24(4)14-12-17)23-16-20(2,3)18-9-7-6-8-10-18/h6-10,17H,5,11-16H2,1-4H3,(H2,21,22,23). The van der Waals surface area contributed by atoms with E-state index in [4.69, 9.17) is 4.99 Å². The highest BCUT2D eigenvalue weighted by Crippen LogP contribution is 2.23. The number of piperidine rings is 1. The minimum absolute atomic E-state index is 0.0389. The lowest BCUT2D eigenvalue weighted by atomic mass is 9.85. The van der Waals surface area contributed by atoms with Gasteiger partial charge in [-0.2, -0.15) is 0 Å². The van der Waals surface area contributed by atoms with Crippen LogP contribution in [0.2, 0.25) is 0 Å². The molecule has 1 heterocycles. The molecule has 2 N–H and O–H groups in total. The quantitative estimate of drug-likeness (QED) is 0.622. The van der Waals surface area contributed by atoms with Gasteiger partial charge >= 0.3 is 0 Å². The molecule has 1 saturated heterocycles. The number of benzene rings is 1. The Morgan fingerprint density at radius 3 is 2.46 bits per heavy atom. The Kier molecular flexibility index (Phi) is 7.10. The van der Waals surface area contributed by atoms with Crippen molar-refractivity contribution in [1.82, 2.24) is 15.5 Å². The van der Waals surface area contributed by atoms with Crippen LogP contribution in [0.1, 0.15) is 39.2 Å². The first-order valence-electron chi connectivity index (χ1n) is 9.27. The molecule has 0 atom stereocenters. The van der Waals surface area contributed by atoms with E-state index in [0.717, 1.165) is 31.5 Å². The third-order valence-corrected chi connectivity index (χ3v) is 4.93. The average molecular weight is 331 g/mol. The number of nitrogens with zero attached hydrogens (tertiary/aromatic N) is 2. The average Bonchev–Trinajstić information content (AvgIpc) is 2.59. The van der Waals surface area contributed by atoms with Crippen LogP contribution in [0, 0.1) is 5.92 Å². The van der Waals surface area contributed by atoms with Gasteiger partial charge in [-0.05, 0) is 51.4 Å². The van der Waals surface area contributed by atoms with Crippen molar-refractivity contribution in [2.45, 2.75) is 39.0 Å². The summed E-state index contributed by atoms with van der Waals surface area (Å²) < 4.78 is 0. The zero-order valence-corrected chi connectivity index (χ0v) is 15.8. The molecule has 2 rings (SSSR count).